The fourth-order valence-electron chi connectivity index (χ4n) is 3.40. The van der Waals surface area contributed by atoms with E-state index in [2.05, 4.69) is 60.3 Å². The molecule has 0 saturated heterocycles. The maximum atomic E-state index is 6.11. The van der Waals surface area contributed by atoms with Crippen molar-refractivity contribution in [1.29, 1.82) is 0 Å². The molecule has 0 aromatic carbocycles. The van der Waals surface area contributed by atoms with Crippen LogP contribution < -0.4 is 0 Å². The highest BCUT2D eigenvalue weighted by Gasteiger charge is 2.28. The average Bonchev–Trinajstić information content (AvgIpc) is 2.81. The Kier molecular flexibility index (Phi) is 21.2. The van der Waals surface area contributed by atoms with E-state index in [1.807, 2.05) is 0 Å². The van der Waals surface area contributed by atoms with Crippen molar-refractivity contribution >= 4 is 17.2 Å². The summed E-state index contributed by atoms with van der Waals surface area (Å²) in [5.41, 5.74) is -0.958. The second-order valence-electron chi connectivity index (χ2n) is 8.49. The molecular formula is C25H55NO5P2. The molecule has 0 aromatic heterocycles. The van der Waals surface area contributed by atoms with Crippen molar-refractivity contribution in [2.24, 2.45) is 0 Å². The molecule has 3 unspecified atom stereocenters. The first-order valence-electron chi connectivity index (χ1n) is 13.2. The van der Waals surface area contributed by atoms with Gasteiger partial charge in [-0.2, -0.15) is 0 Å². The Morgan fingerprint density at radius 1 is 0.636 bits per heavy atom. The van der Waals surface area contributed by atoms with Crippen molar-refractivity contribution in [3.63, 3.8) is 0 Å². The second kappa shape index (κ2) is 20.8. The molecule has 8 heteroatoms. The van der Waals surface area contributed by atoms with Gasteiger partial charge >= 0.3 is 0 Å². The van der Waals surface area contributed by atoms with Crippen LogP contribution in [-0.4, -0.2) is 80.6 Å². The van der Waals surface area contributed by atoms with Crippen LogP contribution in [0.5, 0.6) is 0 Å². The Bertz CT molecular complexity index is 397. The molecule has 3 atom stereocenters. The van der Waals surface area contributed by atoms with Gasteiger partial charge in [-0.1, -0.05) is 51.8 Å². The molecular weight excluding hydrogens is 456 g/mol. The minimum atomic E-state index is -0.479. The third-order valence-corrected chi connectivity index (χ3v) is 7.94. The smallest absolute Gasteiger partial charge is 0.180 e. The van der Waals surface area contributed by atoms with E-state index >= 15 is 0 Å². The number of hydrogen-bond donors (Lipinski definition) is 0. The third-order valence-electron chi connectivity index (χ3n) is 5.13. The van der Waals surface area contributed by atoms with E-state index in [0.717, 1.165) is 90.6 Å². The van der Waals surface area contributed by atoms with Crippen molar-refractivity contribution < 1.29 is 23.7 Å². The SMILES string of the molecule is CCCOC(C)(OCCC)PCCN(CCPC(C)(OCCC)OCCC)C(CC)OCC. The van der Waals surface area contributed by atoms with E-state index in [4.69, 9.17) is 23.7 Å². The summed E-state index contributed by atoms with van der Waals surface area (Å²) in [7, 11) is 1.18. The van der Waals surface area contributed by atoms with E-state index in [1.165, 1.54) is 0 Å². The van der Waals surface area contributed by atoms with E-state index in [0.29, 0.717) is 17.2 Å². The van der Waals surface area contributed by atoms with E-state index in [-0.39, 0.29) is 6.23 Å². The highest BCUT2D eigenvalue weighted by Crippen LogP contribution is 2.36. The Hall–Kier alpha value is 0.620. The van der Waals surface area contributed by atoms with Crippen molar-refractivity contribution in [2.45, 2.75) is 105 Å². The molecule has 0 aliphatic heterocycles. The maximum absolute atomic E-state index is 6.11. The summed E-state index contributed by atoms with van der Waals surface area (Å²) in [6, 6.07) is 0. The highest BCUT2D eigenvalue weighted by atomic mass is 31.1. The Morgan fingerprint density at radius 2 is 1.00 bits per heavy atom. The molecule has 0 aromatic rings. The van der Waals surface area contributed by atoms with Crippen molar-refractivity contribution in [2.75, 3.05) is 58.4 Å². The molecule has 0 fully saturated rings. The van der Waals surface area contributed by atoms with Gasteiger partial charge in [0.25, 0.3) is 0 Å². The van der Waals surface area contributed by atoms with Crippen molar-refractivity contribution in [1.82, 2.24) is 4.90 Å². The van der Waals surface area contributed by atoms with Gasteiger partial charge in [0.1, 0.15) is 6.23 Å². The molecule has 0 saturated carbocycles. The van der Waals surface area contributed by atoms with Crippen LogP contribution in [0.1, 0.15) is 87.5 Å². The van der Waals surface area contributed by atoms with Gasteiger partial charge in [-0.25, -0.2) is 0 Å². The monoisotopic (exact) mass is 511 g/mol. The number of ether oxygens (including phenoxy) is 5. The minimum Gasteiger partial charge on any atom is -0.363 e. The minimum absolute atomic E-state index is 0.142. The molecule has 0 heterocycles. The molecule has 0 rings (SSSR count). The molecule has 0 aliphatic rings. The van der Waals surface area contributed by atoms with Crippen LogP contribution in [0.2, 0.25) is 0 Å². The summed E-state index contributed by atoms with van der Waals surface area (Å²) in [4.78, 5) is 2.49. The fourth-order valence-corrected chi connectivity index (χ4v) is 5.92. The first-order chi connectivity index (χ1) is 15.8. The molecule has 0 spiro atoms. The van der Waals surface area contributed by atoms with Crippen molar-refractivity contribution in [3.8, 4) is 0 Å². The zero-order valence-electron chi connectivity index (χ0n) is 23.0. The quantitative estimate of drug-likeness (QED) is 0.109. The van der Waals surface area contributed by atoms with Gasteiger partial charge < -0.3 is 23.7 Å². The number of nitrogens with zero attached hydrogens (tertiary/aromatic N) is 1. The third kappa shape index (κ3) is 16.1. The van der Waals surface area contributed by atoms with Crippen LogP contribution in [0.15, 0.2) is 0 Å². The van der Waals surface area contributed by atoms with E-state index in [9.17, 15) is 0 Å². The topological polar surface area (TPSA) is 49.4 Å². The molecule has 0 bridgehead atoms. The Morgan fingerprint density at radius 3 is 1.27 bits per heavy atom. The molecule has 0 radical (unpaired) electrons. The lowest BCUT2D eigenvalue weighted by Crippen LogP contribution is -2.41. The predicted molar refractivity (Wildman–Crippen MR) is 145 cm³/mol. The van der Waals surface area contributed by atoms with Gasteiger partial charge in [0.15, 0.2) is 11.1 Å². The zero-order chi connectivity index (χ0) is 25.0. The molecule has 0 N–H and O–H groups in total. The summed E-state index contributed by atoms with van der Waals surface area (Å²) in [5, 5.41) is 0. The van der Waals surface area contributed by atoms with Gasteiger partial charge in [-0.3, -0.25) is 4.90 Å². The Balaban J connectivity index is 4.99. The Labute approximate surface area is 209 Å². The standard InChI is InChI=1S/C25H55NO5P2/c1-9-17-28-24(7,29-18-10-2)32-21-15-26(23(13-5)27-14-6)16-22-33-25(8,30-19-11-3)31-20-12-4/h23,32-33H,9-22H2,1-8H3. The normalized spacial score (nSPS) is 14.5. The zero-order valence-corrected chi connectivity index (χ0v) is 25.0. The van der Waals surface area contributed by atoms with Gasteiger partial charge in [-0.15, -0.1) is 0 Å². The number of hydrogen-bond acceptors (Lipinski definition) is 6. The van der Waals surface area contributed by atoms with Crippen LogP contribution >= 0.6 is 17.2 Å². The van der Waals surface area contributed by atoms with Crippen LogP contribution in [-0.2, 0) is 23.7 Å². The maximum Gasteiger partial charge on any atom is 0.180 e. The van der Waals surface area contributed by atoms with Crippen molar-refractivity contribution in [3.05, 3.63) is 0 Å². The van der Waals surface area contributed by atoms with Crippen LogP contribution in [0.3, 0.4) is 0 Å². The molecule has 0 aliphatic carbocycles. The summed E-state index contributed by atoms with van der Waals surface area (Å²) < 4.78 is 30.5. The lowest BCUT2D eigenvalue weighted by atomic mass is 10.3. The highest BCUT2D eigenvalue weighted by molar-refractivity contribution is 7.39. The lowest BCUT2D eigenvalue weighted by Gasteiger charge is -2.35. The second-order valence-corrected chi connectivity index (χ2v) is 12.0. The van der Waals surface area contributed by atoms with E-state index < -0.39 is 11.1 Å². The average molecular weight is 512 g/mol. The molecule has 33 heavy (non-hydrogen) atoms. The summed E-state index contributed by atoms with van der Waals surface area (Å²) in [6.45, 7) is 22.7. The summed E-state index contributed by atoms with van der Waals surface area (Å²) in [5.74, 6) is 0. The molecule has 0 amide bonds. The summed E-state index contributed by atoms with van der Waals surface area (Å²) in [6.07, 6.45) is 7.20. The molecule has 200 valence electrons. The first-order valence-corrected chi connectivity index (χ1v) is 15.7. The van der Waals surface area contributed by atoms with E-state index in [1.54, 1.807) is 0 Å². The van der Waals surface area contributed by atoms with Gasteiger partial charge in [0, 0.05) is 19.7 Å². The van der Waals surface area contributed by atoms with Gasteiger partial charge in [-0.05, 0) is 65.2 Å². The lowest BCUT2D eigenvalue weighted by molar-refractivity contribution is -0.162. The van der Waals surface area contributed by atoms with Crippen LogP contribution in [0.4, 0.5) is 0 Å². The van der Waals surface area contributed by atoms with Gasteiger partial charge in [0.05, 0.1) is 26.4 Å². The summed E-state index contributed by atoms with van der Waals surface area (Å²) >= 11 is 0. The largest absolute Gasteiger partial charge is 0.363 e. The van der Waals surface area contributed by atoms with Crippen LogP contribution in [0, 0.1) is 0 Å². The predicted octanol–water partition coefficient (Wildman–Crippen LogP) is 6.47. The van der Waals surface area contributed by atoms with Crippen LogP contribution in [0.25, 0.3) is 0 Å². The van der Waals surface area contributed by atoms with Gasteiger partial charge in [0.2, 0.25) is 0 Å². The first kappa shape index (κ1) is 33.6. The molecule has 6 nitrogen and oxygen atoms in total. The fraction of sp³-hybridized carbons (Fsp3) is 1.00. The number of rotatable bonds is 24.